The fraction of sp³-hybridized carbons (Fsp3) is 0.917. The van der Waals surface area contributed by atoms with Crippen LogP contribution in [0.5, 0.6) is 0 Å². The summed E-state index contributed by atoms with van der Waals surface area (Å²) in [4.78, 5) is 11.6. The van der Waals surface area contributed by atoms with E-state index in [2.05, 4.69) is 33.0 Å². The van der Waals surface area contributed by atoms with Gasteiger partial charge in [-0.3, -0.25) is 4.79 Å². The Balaban J connectivity index is 2.89. The SMILES string of the molecule is CC(C)CNC1(C(=O)O)CSCCC1(C)C. The normalized spacial score (nSPS) is 29.3. The zero-order valence-electron chi connectivity index (χ0n) is 10.7. The molecule has 1 saturated heterocycles. The number of hydrogen-bond acceptors (Lipinski definition) is 3. The van der Waals surface area contributed by atoms with E-state index in [-0.39, 0.29) is 5.41 Å². The van der Waals surface area contributed by atoms with E-state index in [1.54, 1.807) is 11.8 Å². The number of thioether (sulfide) groups is 1. The van der Waals surface area contributed by atoms with Gasteiger partial charge in [0.15, 0.2) is 0 Å². The average molecular weight is 245 g/mol. The minimum absolute atomic E-state index is 0.182. The maximum atomic E-state index is 11.6. The second kappa shape index (κ2) is 4.96. The number of nitrogens with one attached hydrogen (secondary N) is 1. The molecule has 4 heteroatoms. The lowest BCUT2D eigenvalue weighted by Gasteiger charge is -2.47. The van der Waals surface area contributed by atoms with Gasteiger partial charge in [-0.15, -0.1) is 0 Å². The van der Waals surface area contributed by atoms with Crippen LogP contribution >= 0.6 is 11.8 Å². The first-order valence-electron chi connectivity index (χ1n) is 5.88. The number of carbonyl (C=O) groups is 1. The van der Waals surface area contributed by atoms with Crippen LogP contribution in [0.2, 0.25) is 0 Å². The number of carboxylic acids is 1. The predicted octanol–water partition coefficient (Wildman–Crippen LogP) is 2.22. The minimum Gasteiger partial charge on any atom is -0.480 e. The van der Waals surface area contributed by atoms with E-state index < -0.39 is 11.5 Å². The highest BCUT2D eigenvalue weighted by molar-refractivity contribution is 7.99. The molecule has 0 aromatic heterocycles. The Morgan fingerprint density at radius 2 is 2.12 bits per heavy atom. The van der Waals surface area contributed by atoms with Gasteiger partial charge in [-0.1, -0.05) is 27.7 Å². The lowest BCUT2D eigenvalue weighted by Crippen LogP contribution is -2.65. The summed E-state index contributed by atoms with van der Waals surface area (Å²) < 4.78 is 0. The molecule has 1 aliphatic heterocycles. The van der Waals surface area contributed by atoms with Crippen LogP contribution < -0.4 is 5.32 Å². The third kappa shape index (κ3) is 2.54. The molecule has 94 valence electrons. The smallest absolute Gasteiger partial charge is 0.325 e. The van der Waals surface area contributed by atoms with Gasteiger partial charge in [0.25, 0.3) is 0 Å². The highest BCUT2D eigenvalue weighted by Gasteiger charge is 2.52. The molecule has 16 heavy (non-hydrogen) atoms. The zero-order chi connectivity index (χ0) is 12.4. The van der Waals surface area contributed by atoms with Gasteiger partial charge in [0.2, 0.25) is 0 Å². The molecule has 0 aromatic carbocycles. The summed E-state index contributed by atoms with van der Waals surface area (Å²) >= 11 is 1.74. The standard InChI is InChI=1S/C12H23NO2S/c1-9(2)7-13-12(10(14)15)8-16-6-5-11(12,3)4/h9,13H,5-8H2,1-4H3,(H,14,15). The van der Waals surface area contributed by atoms with E-state index in [9.17, 15) is 9.90 Å². The third-order valence-electron chi connectivity index (χ3n) is 3.52. The summed E-state index contributed by atoms with van der Waals surface area (Å²) in [5.41, 5.74) is -0.945. The van der Waals surface area contributed by atoms with Crippen molar-refractivity contribution in [2.75, 3.05) is 18.1 Å². The maximum absolute atomic E-state index is 11.6. The summed E-state index contributed by atoms with van der Waals surface area (Å²) in [7, 11) is 0. The molecule has 1 atom stereocenters. The van der Waals surface area contributed by atoms with Crippen LogP contribution in [0, 0.1) is 11.3 Å². The molecule has 0 aliphatic carbocycles. The van der Waals surface area contributed by atoms with Crippen molar-refractivity contribution >= 4 is 17.7 Å². The predicted molar refractivity (Wildman–Crippen MR) is 68.9 cm³/mol. The van der Waals surface area contributed by atoms with Crippen LogP contribution in [-0.2, 0) is 4.79 Å². The maximum Gasteiger partial charge on any atom is 0.325 e. The van der Waals surface area contributed by atoms with Crippen molar-refractivity contribution < 1.29 is 9.90 Å². The van der Waals surface area contributed by atoms with Crippen LogP contribution in [0.4, 0.5) is 0 Å². The number of aliphatic carboxylic acids is 1. The Morgan fingerprint density at radius 3 is 2.56 bits per heavy atom. The van der Waals surface area contributed by atoms with Crippen LogP contribution in [0.25, 0.3) is 0 Å². The molecule has 2 N–H and O–H groups in total. The van der Waals surface area contributed by atoms with Gasteiger partial charge in [-0.05, 0) is 30.1 Å². The van der Waals surface area contributed by atoms with Crippen LogP contribution in [-0.4, -0.2) is 34.7 Å². The summed E-state index contributed by atoms with van der Waals surface area (Å²) in [6.45, 7) is 9.09. The van der Waals surface area contributed by atoms with Crippen LogP contribution in [0.3, 0.4) is 0 Å². The van der Waals surface area contributed by atoms with E-state index >= 15 is 0 Å². The van der Waals surface area contributed by atoms with Gasteiger partial charge < -0.3 is 10.4 Å². The molecule has 1 aliphatic rings. The Morgan fingerprint density at radius 1 is 1.50 bits per heavy atom. The second-order valence-electron chi connectivity index (χ2n) is 5.67. The van der Waals surface area contributed by atoms with Gasteiger partial charge in [0.1, 0.15) is 5.54 Å². The van der Waals surface area contributed by atoms with Crippen molar-refractivity contribution in [3.05, 3.63) is 0 Å². The first-order valence-corrected chi connectivity index (χ1v) is 7.03. The van der Waals surface area contributed by atoms with Gasteiger partial charge >= 0.3 is 5.97 Å². The van der Waals surface area contributed by atoms with Crippen molar-refractivity contribution in [1.29, 1.82) is 0 Å². The van der Waals surface area contributed by atoms with Gasteiger partial charge in [0.05, 0.1) is 0 Å². The Bertz CT molecular complexity index is 266. The molecule has 0 saturated carbocycles. The fourth-order valence-corrected chi connectivity index (χ4v) is 3.78. The first kappa shape index (κ1) is 13.8. The molecule has 3 nitrogen and oxygen atoms in total. The fourth-order valence-electron chi connectivity index (χ4n) is 2.06. The summed E-state index contributed by atoms with van der Waals surface area (Å²) in [6.07, 6.45) is 0.953. The van der Waals surface area contributed by atoms with Crippen molar-refractivity contribution in [2.45, 2.75) is 39.7 Å². The average Bonchev–Trinajstić information content (AvgIpc) is 2.15. The van der Waals surface area contributed by atoms with E-state index in [4.69, 9.17) is 0 Å². The van der Waals surface area contributed by atoms with E-state index in [0.717, 1.165) is 18.7 Å². The molecule has 1 unspecified atom stereocenters. The second-order valence-corrected chi connectivity index (χ2v) is 6.78. The molecule has 1 fully saturated rings. The van der Waals surface area contributed by atoms with Gasteiger partial charge in [-0.25, -0.2) is 0 Å². The molecule has 0 spiro atoms. The van der Waals surface area contributed by atoms with Gasteiger partial charge in [-0.2, -0.15) is 11.8 Å². The molecule has 1 rings (SSSR count). The van der Waals surface area contributed by atoms with E-state index in [0.29, 0.717) is 11.7 Å². The van der Waals surface area contributed by atoms with Crippen LogP contribution in [0.1, 0.15) is 34.1 Å². The van der Waals surface area contributed by atoms with E-state index in [1.807, 2.05) is 0 Å². The molecule has 0 amide bonds. The van der Waals surface area contributed by atoms with Gasteiger partial charge in [0, 0.05) is 5.75 Å². The number of hydrogen-bond donors (Lipinski definition) is 2. The Hall–Kier alpha value is -0.220. The monoisotopic (exact) mass is 245 g/mol. The summed E-state index contributed by atoms with van der Waals surface area (Å²) in [6, 6.07) is 0. The Kier molecular flexibility index (Phi) is 4.29. The summed E-state index contributed by atoms with van der Waals surface area (Å²) in [5.74, 6) is 1.50. The van der Waals surface area contributed by atoms with Crippen molar-refractivity contribution in [1.82, 2.24) is 5.32 Å². The van der Waals surface area contributed by atoms with Crippen molar-refractivity contribution in [3.63, 3.8) is 0 Å². The van der Waals surface area contributed by atoms with Crippen LogP contribution in [0.15, 0.2) is 0 Å². The summed E-state index contributed by atoms with van der Waals surface area (Å²) in [5, 5.41) is 12.9. The molecule has 0 bridgehead atoms. The lowest BCUT2D eigenvalue weighted by atomic mass is 9.70. The Labute approximate surface area is 102 Å². The van der Waals surface area contributed by atoms with E-state index in [1.165, 1.54) is 0 Å². The quantitative estimate of drug-likeness (QED) is 0.797. The number of rotatable bonds is 4. The largest absolute Gasteiger partial charge is 0.480 e. The van der Waals surface area contributed by atoms with Crippen molar-refractivity contribution in [3.8, 4) is 0 Å². The highest BCUT2D eigenvalue weighted by atomic mass is 32.2. The zero-order valence-corrected chi connectivity index (χ0v) is 11.5. The molecule has 1 heterocycles. The van der Waals surface area contributed by atoms with Crippen molar-refractivity contribution in [2.24, 2.45) is 11.3 Å². The topological polar surface area (TPSA) is 49.3 Å². The number of carboxylic acid groups (broad SMARTS) is 1. The third-order valence-corrected chi connectivity index (χ3v) is 4.65. The molecule has 0 aromatic rings. The highest BCUT2D eigenvalue weighted by Crippen LogP contribution is 2.42. The molecular formula is C12H23NO2S. The minimum atomic E-state index is -0.764. The molecular weight excluding hydrogens is 222 g/mol. The first-order chi connectivity index (χ1) is 7.32. The lowest BCUT2D eigenvalue weighted by molar-refractivity contribution is -0.149. The molecule has 0 radical (unpaired) electrons.